The van der Waals surface area contributed by atoms with Gasteiger partial charge in [0.25, 0.3) is 0 Å². The van der Waals surface area contributed by atoms with Gasteiger partial charge in [-0.15, -0.1) is 11.3 Å². The quantitative estimate of drug-likeness (QED) is 0.695. The van der Waals surface area contributed by atoms with E-state index in [9.17, 15) is 13.2 Å². The molecule has 0 atom stereocenters. The second-order valence-electron chi connectivity index (χ2n) is 3.84. The molecule has 0 aliphatic heterocycles. The van der Waals surface area contributed by atoms with E-state index in [0.29, 0.717) is 32.6 Å². The van der Waals surface area contributed by atoms with Crippen LogP contribution in [0.5, 0.6) is 0 Å². The normalized spacial score (nSPS) is 11.5. The fourth-order valence-corrected chi connectivity index (χ4v) is 3.08. The number of nitrogens with two attached hydrogens (primary N) is 1. The molecule has 0 unspecified atom stereocenters. The van der Waals surface area contributed by atoms with E-state index in [-0.39, 0.29) is 10.1 Å². The minimum atomic E-state index is -3.65. The first-order valence-corrected chi connectivity index (χ1v) is 8.25. The standard InChI is InChI=1S/C11H18N2O4S2/c1-2-17-7-3-4-10(14)13-8-9-5-6-11(18-9)19(12,15)16/h5-6H,2-4,7-8H2,1H3,(H,13,14)(H2,12,15,16). The molecule has 1 aromatic heterocycles. The van der Waals surface area contributed by atoms with Crippen molar-refractivity contribution in [2.24, 2.45) is 5.14 Å². The predicted octanol–water partition coefficient (Wildman–Crippen LogP) is 0.828. The third-order valence-electron chi connectivity index (χ3n) is 2.27. The molecule has 19 heavy (non-hydrogen) atoms. The highest BCUT2D eigenvalue weighted by atomic mass is 32.2. The number of ether oxygens (including phenoxy) is 1. The molecule has 108 valence electrons. The lowest BCUT2D eigenvalue weighted by Crippen LogP contribution is -2.22. The van der Waals surface area contributed by atoms with Crippen LogP contribution in [-0.4, -0.2) is 27.5 Å². The molecule has 0 saturated carbocycles. The SMILES string of the molecule is CCOCCCC(=O)NCc1ccc(S(N)(=O)=O)s1. The summed E-state index contributed by atoms with van der Waals surface area (Å²) in [6.07, 6.45) is 1.07. The molecule has 1 amide bonds. The van der Waals surface area contributed by atoms with E-state index >= 15 is 0 Å². The summed E-state index contributed by atoms with van der Waals surface area (Å²) in [7, 11) is -3.65. The number of rotatable bonds is 8. The first-order chi connectivity index (χ1) is 8.93. The molecule has 0 aliphatic rings. The Labute approximate surface area is 117 Å². The maximum atomic E-state index is 11.5. The lowest BCUT2D eigenvalue weighted by atomic mass is 10.3. The van der Waals surface area contributed by atoms with Crippen molar-refractivity contribution in [3.63, 3.8) is 0 Å². The van der Waals surface area contributed by atoms with E-state index in [1.54, 1.807) is 6.07 Å². The van der Waals surface area contributed by atoms with Crippen LogP contribution in [0.4, 0.5) is 0 Å². The van der Waals surface area contributed by atoms with Crippen LogP contribution in [0.2, 0.25) is 0 Å². The summed E-state index contributed by atoms with van der Waals surface area (Å²) in [5.74, 6) is -0.0785. The molecule has 0 bridgehead atoms. The molecule has 0 saturated heterocycles. The van der Waals surface area contributed by atoms with E-state index in [0.717, 1.165) is 16.2 Å². The zero-order valence-electron chi connectivity index (χ0n) is 10.7. The van der Waals surface area contributed by atoms with Crippen LogP contribution < -0.4 is 10.5 Å². The fourth-order valence-electron chi connectivity index (χ4n) is 1.36. The van der Waals surface area contributed by atoms with E-state index < -0.39 is 10.0 Å². The Morgan fingerprint density at radius 2 is 2.21 bits per heavy atom. The van der Waals surface area contributed by atoms with Gasteiger partial charge in [-0.1, -0.05) is 0 Å². The molecule has 8 heteroatoms. The zero-order chi connectivity index (χ0) is 14.3. The molecule has 0 aromatic carbocycles. The number of thiophene rings is 1. The van der Waals surface area contributed by atoms with Gasteiger partial charge in [0, 0.05) is 24.5 Å². The molecule has 6 nitrogen and oxygen atoms in total. The van der Waals surface area contributed by atoms with Crippen molar-refractivity contribution in [3.05, 3.63) is 17.0 Å². The van der Waals surface area contributed by atoms with Crippen molar-refractivity contribution in [2.45, 2.75) is 30.5 Å². The van der Waals surface area contributed by atoms with Crippen molar-refractivity contribution >= 4 is 27.3 Å². The predicted molar refractivity (Wildman–Crippen MR) is 73.3 cm³/mol. The summed E-state index contributed by atoms with van der Waals surface area (Å²) < 4.78 is 27.4. The molecule has 0 radical (unpaired) electrons. The molecule has 0 spiro atoms. The van der Waals surface area contributed by atoms with E-state index in [4.69, 9.17) is 9.88 Å². The molecule has 1 rings (SSSR count). The van der Waals surface area contributed by atoms with Crippen molar-refractivity contribution in [1.29, 1.82) is 0 Å². The molecule has 0 fully saturated rings. The first-order valence-electron chi connectivity index (χ1n) is 5.89. The first kappa shape index (κ1) is 16.1. The van der Waals surface area contributed by atoms with Gasteiger partial charge >= 0.3 is 0 Å². The Bertz CT molecular complexity index is 511. The van der Waals surface area contributed by atoms with Crippen LogP contribution in [0.3, 0.4) is 0 Å². The monoisotopic (exact) mass is 306 g/mol. The summed E-state index contributed by atoms with van der Waals surface area (Å²) in [6, 6.07) is 3.08. The minimum absolute atomic E-state index is 0.0785. The van der Waals surface area contributed by atoms with Crippen LogP contribution in [0.1, 0.15) is 24.6 Å². The lowest BCUT2D eigenvalue weighted by molar-refractivity contribution is -0.121. The zero-order valence-corrected chi connectivity index (χ0v) is 12.4. The van der Waals surface area contributed by atoms with Crippen LogP contribution >= 0.6 is 11.3 Å². The number of hydrogen-bond acceptors (Lipinski definition) is 5. The van der Waals surface area contributed by atoms with Gasteiger partial charge < -0.3 is 10.1 Å². The maximum Gasteiger partial charge on any atom is 0.247 e. The smallest absolute Gasteiger partial charge is 0.247 e. The highest BCUT2D eigenvalue weighted by Gasteiger charge is 2.11. The summed E-state index contributed by atoms with van der Waals surface area (Å²) in [5.41, 5.74) is 0. The summed E-state index contributed by atoms with van der Waals surface area (Å²) in [6.45, 7) is 3.43. The number of carbonyl (C=O) groups excluding carboxylic acids is 1. The van der Waals surface area contributed by atoms with E-state index in [1.165, 1.54) is 6.07 Å². The van der Waals surface area contributed by atoms with Crippen LogP contribution in [0.15, 0.2) is 16.3 Å². The number of amides is 1. The highest BCUT2D eigenvalue weighted by Crippen LogP contribution is 2.19. The Morgan fingerprint density at radius 3 is 2.79 bits per heavy atom. The molecule has 1 heterocycles. The van der Waals surface area contributed by atoms with Gasteiger partial charge in [0.05, 0.1) is 6.54 Å². The Kier molecular flexibility index (Phi) is 6.43. The van der Waals surface area contributed by atoms with Crippen LogP contribution in [0.25, 0.3) is 0 Å². The number of nitrogens with one attached hydrogen (secondary N) is 1. The largest absolute Gasteiger partial charge is 0.382 e. The molecule has 3 N–H and O–H groups in total. The van der Waals surface area contributed by atoms with Gasteiger partial charge in [-0.05, 0) is 25.5 Å². The molecular weight excluding hydrogens is 288 g/mol. The van der Waals surface area contributed by atoms with Crippen molar-refractivity contribution in [1.82, 2.24) is 5.32 Å². The molecular formula is C11H18N2O4S2. The maximum absolute atomic E-state index is 11.5. The third kappa shape index (κ3) is 6.15. The average molecular weight is 306 g/mol. The summed E-state index contributed by atoms with van der Waals surface area (Å²) >= 11 is 1.06. The van der Waals surface area contributed by atoms with Gasteiger partial charge in [-0.2, -0.15) is 0 Å². The second kappa shape index (κ2) is 7.59. The molecule has 0 aliphatic carbocycles. The Balaban J connectivity index is 2.32. The van der Waals surface area contributed by atoms with Crippen molar-refractivity contribution in [2.75, 3.05) is 13.2 Å². The van der Waals surface area contributed by atoms with Gasteiger partial charge in [0.1, 0.15) is 4.21 Å². The third-order valence-corrected chi connectivity index (χ3v) is 4.80. The van der Waals surface area contributed by atoms with Gasteiger partial charge in [-0.3, -0.25) is 4.79 Å². The number of sulfonamides is 1. The molecule has 1 aromatic rings. The Morgan fingerprint density at radius 1 is 1.47 bits per heavy atom. The van der Waals surface area contributed by atoms with E-state index in [1.807, 2.05) is 6.92 Å². The van der Waals surface area contributed by atoms with Gasteiger partial charge in [-0.25, -0.2) is 13.6 Å². The van der Waals surface area contributed by atoms with E-state index in [2.05, 4.69) is 5.32 Å². The lowest BCUT2D eigenvalue weighted by Gasteiger charge is -2.03. The topological polar surface area (TPSA) is 98.5 Å². The minimum Gasteiger partial charge on any atom is -0.382 e. The fraction of sp³-hybridized carbons (Fsp3) is 0.545. The van der Waals surface area contributed by atoms with Crippen LogP contribution in [-0.2, 0) is 26.1 Å². The number of carbonyl (C=O) groups is 1. The van der Waals surface area contributed by atoms with Crippen LogP contribution in [0, 0.1) is 0 Å². The number of primary sulfonamides is 1. The Hall–Kier alpha value is -0.960. The average Bonchev–Trinajstić information content (AvgIpc) is 2.81. The number of hydrogen-bond donors (Lipinski definition) is 2. The summed E-state index contributed by atoms with van der Waals surface area (Å²) in [5, 5.41) is 7.72. The second-order valence-corrected chi connectivity index (χ2v) is 6.80. The van der Waals surface area contributed by atoms with Gasteiger partial charge in [0.2, 0.25) is 15.9 Å². The van der Waals surface area contributed by atoms with Crippen molar-refractivity contribution < 1.29 is 17.9 Å². The summed E-state index contributed by atoms with van der Waals surface area (Å²) in [4.78, 5) is 12.2. The van der Waals surface area contributed by atoms with Gasteiger partial charge in [0.15, 0.2) is 0 Å². The highest BCUT2D eigenvalue weighted by molar-refractivity contribution is 7.91. The van der Waals surface area contributed by atoms with Crippen molar-refractivity contribution in [3.8, 4) is 0 Å².